The molecule has 2 aromatic rings. The number of amides is 2. The second-order valence-corrected chi connectivity index (χ2v) is 12.6. The third-order valence-corrected chi connectivity index (χ3v) is 8.92. The summed E-state index contributed by atoms with van der Waals surface area (Å²) in [5, 5.41) is 3.91. The molecule has 1 aliphatic carbocycles. The van der Waals surface area contributed by atoms with Crippen LogP contribution in [0.2, 0.25) is 10.0 Å². The lowest BCUT2D eigenvalue weighted by Crippen LogP contribution is -2.50. The van der Waals surface area contributed by atoms with Crippen LogP contribution < -0.4 is 14.4 Å². The molecule has 0 unspecified atom stereocenters. The summed E-state index contributed by atoms with van der Waals surface area (Å²) in [6, 6.07) is 11.1. The van der Waals surface area contributed by atoms with Crippen LogP contribution >= 0.6 is 23.2 Å². The van der Waals surface area contributed by atoms with Crippen LogP contribution in [0, 0.1) is 0 Å². The Morgan fingerprint density at radius 1 is 1.05 bits per heavy atom. The van der Waals surface area contributed by atoms with E-state index in [4.69, 9.17) is 27.9 Å². The number of anilines is 1. The van der Waals surface area contributed by atoms with Crippen LogP contribution in [-0.4, -0.2) is 57.1 Å². The van der Waals surface area contributed by atoms with E-state index < -0.39 is 16.1 Å². The van der Waals surface area contributed by atoms with Crippen molar-refractivity contribution in [3.05, 3.63) is 58.1 Å². The molecule has 0 aromatic heterocycles. The van der Waals surface area contributed by atoms with Crippen molar-refractivity contribution < 1.29 is 22.7 Å². The number of carbonyl (C=O) groups is 2. The van der Waals surface area contributed by atoms with Gasteiger partial charge in [-0.1, -0.05) is 48.5 Å². The number of nitrogens with zero attached hydrogens (tertiary/aromatic N) is 2. The largest absolute Gasteiger partial charge is 0.497 e. The van der Waals surface area contributed by atoms with Crippen LogP contribution in [-0.2, 0) is 26.2 Å². The average Bonchev–Trinajstić information content (AvgIpc) is 2.90. The molecular weight excluding hydrogens is 561 g/mol. The molecule has 39 heavy (non-hydrogen) atoms. The fourth-order valence-electron chi connectivity index (χ4n) is 4.76. The minimum absolute atomic E-state index is 0.0330. The maximum atomic E-state index is 13.5. The van der Waals surface area contributed by atoms with Gasteiger partial charge < -0.3 is 15.0 Å². The van der Waals surface area contributed by atoms with Gasteiger partial charge in [0.2, 0.25) is 21.8 Å². The molecule has 2 amide bonds. The molecule has 1 aliphatic rings. The summed E-state index contributed by atoms with van der Waals surface area (Å²) in [5.74, 6) is 0.0895. The van der Waals surface area contributed by atoms with Gasteiger partial charge in [0, 0.05) is 41.2 Å². The highest BCUT2D eigenvalue weighted by Gasteiger charge is 2.29. The molecule has 214 valence electrons. The maximum Gasteiger partial charge on any atom is 0.242 e. The number of ether oxygens (including phenoxy) is 1. The van der Waals surface area contributed by atoms with Crippen LogP contribution in [0.5, 0.6) is 5.75 Å². The van der Waals surface area contributed by atoms with E-state index >= 15 is 0 Å². The summed E-state index contributed by atoms with van der Waals surface area (Å²) in [7, 11) is -2.06. The van der Waals surface area contributed by atoms with Crippen LogP contribution in [0.4, 0.5) is 5.69 Å². The van der Waals surface area contributed by atoms with Crippen LogP contribution in [0.25, 0.3) is 0 Å². The fourth-order valence-corrected chi connectivity index (χ4v) is 6.24. The first-order valence-corrected chi connectivity index (χ1v) is 15.8. The molecule has 0 heterocycles. The lowest BCUT2D eigenvalue weighted by molar-refractivity contribution is -0.141. The van der Waals surface area contributed by atoms with E-state index in [-0.39, 0.29) is 43.8 Å². The van der Waals surface area contributed by atoms with Gasteiger partial charge in [-0.05, 0) is 62.6 Å². The molecule has 1 N–H and O–H groups in total. The van der Waals surface area contributed by atoms with Gasteiger partial charge in [0.05, 0.1) is 19.1 Å². The van der Waals surface area contributed by atoms with Gasteiger partial charge in [0.1, 0.15) is 11.8 Å². The van der Waals surface area contributed by atoms with Gasteiger partial charge in [-0.15, -0.1) is 0 Å². The third kappa shape index (κ3) is 8.75. The zero-order chi connectivity index (χ0) is 28.6. The Morgan fingerprint density at radius 3 is 2.23 bits per heavy atom. The maximum absolute atomic E-state index is 13.5. The first-order chi connectivity index (χ1) is 18.5. The molecule has 8 nitrogen and oxygen atoms in total. The number of sulfonamides is 1. The van der Waals surface area contributed by atoms with Gasteiger partial charge in [0.15, 0.2) is 0 Å². The Labute approximate surface area is 241 Å². The van der Waals surface area contributed by atoms with E-state index in [1.165, 1.54) is 22.7 Å². The van der Waals surface area contributed by atoms with Gasteiger partial charge in [-0.2, -0.15) is 0 Å². The SMILES string of the molecule is COc1ccc(N(CCCC(=O)N(Cc2c(Cl)cccc2Cl)[C@@H](C)C(=O)NC2CCCCC2)S(C)(=O)=O)cc1. The van der Waals surface area contributed by atoms with Crippen molar-refractivity contribution in [1.29, 1.82) is 0 Å². The Balaban J connectivity index is 1.75. The Kier molecular flexibility index (Phi) is 11.3. The molecule has 0 spiro atoms. The lowest BCUT2D eigenvalue weighted by Gasteiger charge is -2.32. The van der Waals surface area contributed by atoms with Gasteiger partial charge in [-0.25, -0.2) is 8.42 Å². The minimum atomic E-state index is -3.59. The first-order valence-electron chi connectivity index (χ1n) is 13.2. The third-order valence-electron chi connectivity index (χ3n) is 7.02. The molecule has 0 radical (unpaired) electrons. The number of methoxy groups -OCH3 is 1. The standard InChI is InChI=1S/C28H37Cl2N3O5S/c1-20(28(35)31-21-9-5-4-6-10-21)32(19-24-25(29)11-7-12-26(24)30)27(34)13-8-18-33(39(3,36)37)22-14-16-23(38-2)17-15-22/h7,11-12,14-17,20-21H,4-6,8-10,13,18-19H2,1-3H3,(H,31,35)/t20-/m0/s1. The van der Waals surface area contributed by atoms with Gasteiger partial charge >= 0.3 is 0 Å². The van der Waals surface area contributed by atoms with Crippen molar-refractivity contribution >= 4 is 50.7 Å². The molecule has 0 bridgehead atoms. The number of nitrogens with one attached hydrogen (secondary N) is 1. The molecule has 11 heteroatoms. The molecule has 1 atom stereocenters. The normalized spacial score (nSPS) is 14.9. The van der Waals surface area contributed by atoms with Gasteiger partial charge in [-0.3, -0.25) is 13.9 Å². The topological polar surface area (TPSA) is 96.0 Å². The second kappa shape index (κ2) is 14.2. The highest BCUT2D eigenvalue weighted by Crippen LogP contribution is 2.28. The minimum Gasteiger partial charge on any atom is -0.497 e. The van der Waals surface area contributed by atoms with E-state index in [0.717, 1.165) is 31.9 Å². The first kappa shape index (κ1) is 31.0. The monoisotopic (exact) mass is 597 g/mol. The van der Waals surface area contributed by atoms with Crippen molar-refractivity contribution in [2.75, 3.05) is 24.2 Å². The quantitative estimate of drug-likeness (QED) is 0.352. The van der Waals surface area contributed by atoms with E-state index in [9.17, 15) is 18.0 Å². The molecule has 1 saturated carbocycles. The molecule has 0 saturated heterocycles. The van der Waals surface area contributed by atoms with Crippen molar-refractivity contribution in [3.63, 3.8) is 0 Å². The van der Waals surface area contributed by atoms with Crippen molar-refractivity contribution in [2.24, 2.45) is 0 Å². The predicted octanol–water partition coefficient (Wildman–Crippen LogP) is 5.41. The smallest absolute Gasteiger partial charge is 0.242 e. The summed E-state index contributed by atoms with van der Waals surface area (Å²) in [6.45, 7) is 1.85. The molecule has 3 rings (SSSR count). The number of hydrogen-bond acceptors (Lipinski definition) is 5. The van der Waals surface area contributed by atoms with Gasteiger partial charge in [0.25, 0.3) is 0 Å². The van der Waals surface area contributed by atoms with Crippen molar-refractivity contribution in [2.45, 2.75) is 70.5 Å². The van der Waals surface area contributed by atoms with E-state index in [0.29, 0.717) is 27.0 Å². The van der Waals surface area contributed by atoms with E-state index in [2.05, 4.69) is 5.32 Å². The summed E-state index contributed by atoms with van der Waals surface area (Å²) < 4.78 is 31.4. The average molecular weight is 599 g/mol. The van der Waals surface area contributed by atoms with Crippen molar-refractivity contribution in [3.8, 4) is 5.75 Å². The Bertz CT molecular complexity index is 1210. The summed E-state index contributed by atoms with van der Waals surface area (Å²) in [4.78, 5) is 28.2. The fraction of sp³-hybridized carbons (Fsp3) is 0.500. The molecule has 1 fully saturated rings. The molecule has 0 aliphatic heterocycles. The highest BCUT2D eigenvalue weighted by atomic mass is 35.5. The number of halogens is 2. The zero-order valence-corrected chi connectivity index (χ0v) is 25.0. The zero-order valence-electron chi connectivity index (χ0n) is 22.7. The van der Waals surface area contributed by atoms with E-state index in [1.54, 1.807) is 49.4 Å². The molecule has 2 aromatic carbocycles. The Morgan fingerprint density at radius 2 is 1.67 bits per heavy atom. The summed E-state index contributed by atoms with van der Waals surface area (Å²) in [5.41, 5.74) is 1.04. The summed E-state index contributed by atoms with van der Waals surface area (Å²) in [6.07, 6.45) is 6.57. The summed E-state index contributed by atoms with van der Waals surface area (Å²) >= 11 is 12.8. The number of hydrogen-bond donors (Lipinski definition) is 1. The number of carbonyl (C=O) groups excluding carboxylic acids is 2. The van der Waals surface area contributed by atoms with Crippen LogP contribution in [0.3, 0.4) is 0 Å². The highest BCUT2D eigenvalue weighted by molar-refractivity contribution is 7.92. The lowest BCUT2D eigenvalue weighted by atomic mass is 9.95. The predicted molar refractivity (Wildman–Crippen MR) is 156 cm³/mol. The van der Waals surface area contributed by atoms with E-state index in [1.807, 2.05) is 0 Å². The van der Waals surface area contributed by atoms with Crippen LogP contribution in [0.1, 0.15) is 57.4 Å². The number of rotatable bonds is 12. The van der Waals surface area contributed by atoms with Crippen LogP contribution in [0.15, 0.2) is 42.5 Å². The van der Waals surface area contributed by atoms with Crippen molar-refractivity contribution in [1.82, 2.24) is 10.2 Å². The molecular formula is C28H37Cl2N3O5S. The Hall–Kier alpha value is -2.49. The number of benzene rings is 2. The second-order valence-electron chi connectivity index (χ2n) is 9.88.